The topological polar surface area (TPSA) is 49.3 Å². The molecule has 0 heterocycles. The van der Waals surface area contributed by atoms with Crippen molar-refractivity contribution >= 4 is 5.91 Å². The van der Waals surface area contributed by atoms with Crippen LogP contribution in [0.2, 0.25) is 0 Å². The molecular weight excluding hydrogens is 166 g/mol. The minimum atomic E-state index is -0.543. The summed E-state index contributed by atoms with van der Waals surface area (Å²) >= 11 is 0. The minimum absolute atomic E-state index is 0.0568. The first-order chi connectivity index (χ1) is 6.06. The normalized spacial score (nSPS) is 15.1. The Balaban J connectivity index is 3.53. The van der Waals surface area contributed by atoms with Gasteiger partial charge in [-0.25, -0.2) is 0 Å². The van der Waals surface area contributed by atoms with Crippen LogP contribution in [0.5, 0.6) is 0 Å². The fourth-order valence-electron chi connectivity index (χ4n) is 1.18. The first kappa shape index (κ1) is 12.4. The molecule has 3 nitrogen and oxygen atoms in total. The van der Waals surface area contributed by atoms with Crippen molar-refractivity contribution in [2.75, 3.05) is 0 Å². The minimum Gasteiger partial charge on any atom is -0.393 e. The van der Waals surface area contributed by atoms with Crippen molar-refractivity contribution in [3.63, 3.8) is 0 Å². The predicted octanol–water partition coefficient (Wildman–Crippen LogP) is 1.45. The van der Waals surface area contributed by atoms with Gasteiger partial charge in [-0.3, -0.25) is 4.79 Å². The molecule has 2 atom stereocenters. The highest BCUT2D eigenvalue weighted by Gasteiger charge is 2.08. The molecule has 2 N–H and O–H groups in total. The largest absolute Gasteiger partial charge is 0.393 e. The van der Waals surface area contributed by atoms with Gasteiger partial charge in [-0.15, -0.1) is 0 Å². The molecule has 0 rings (SSSR count). The first-order valence-electron chi connectivity index (χ1n) is 5.03. The summed E-state index contributed by atoms with van der Waals surface area (Å²) in [5.41, 5.74) is 0. The third kappa shape index (κ3) is 7.78. The van der Waals surface area contributed by atoms with Crippen LogP contribution < -0.4 is 5.32 Å². The van der Waals surface area contributed by atoms with E-state index < -0.39 is 6.10 Å². The van der Waals surface area contributed by atoms with Gasteiger partial charge in [0.1, 0.15) is 0 Å². The summed E-state index contributed by atoms with van der Waals surface area (Å²) in [5.74, 6) is -0.0568. The van der Waals surface area contributed by atoms with E-state index in [4.69, 9.17) is 5.11 Å². The first-order valence-corrected chi connectivity index (χ1v) is 5.03. The Morgan fingerprint density at radius 1 is 1.46 bits per heavy atom. The van der Waals surface area contributed by atoms with E-state index in [1.165, 1.54) is 0 Å². The second kappa shape index (κ2) is 6.89. The molecule has 0 aliphatic carbocycles. The van der Waals surface area contributed by atoms with Crippen molar-refractivity contribution in [1.82, 2.24) is 5.32 Å². The van der Waals surface area contributed by atoms with E-state index in [0.29, 0.717) is 0 Å². The third-order valence-electron chi connectivity index (χ3n) is 1.88. The molecule has 0 aliphatic rings. The third-order valence-corrected chi connectivity index (χ3v) is 1.88. The number of carbonyl (C=O) groups is 1. The van der Waals surface area contributed by atoms with Crippen LogP contribution in [-0.4, -0.2) is 23.2 Å². The Bertz CT molecular complexity index is 146. The van der Waals surface area contributed by atoms with Crippen LogP contribution in [0.3, 0.4) is 0 Å². The molecule has 0 bridgehead atoms. The second-order valence-electron chi connectivity index (χ2n) is 3.66. The summed E-state index contributed by atoms with van der Waals surface area (Å²) in [4.78, 5) is 11.2. The van der Waals surface area contributed by atoms with E-state index in [-0.39, 0.29) is 18.4 Å². The van der Waals surface area contributed by atoms with Crippen molar-refractivity contribution in [1.29, 1.82) is 0 Å². The van der Waals surface area contributed by atoms with Crippen LogP contribution in [0.4, 0.5) is 0 Å². The van der Waals surface area contributed by atoms with Gasteiger partial charge >= 0.3 is 0 Å². The Morgan fingerprint density at radius 3 is 2.54 bits per heavy atom. The molecule has 78 valence electrons. The summed E-state index contributed by atoms with van der Waals surface area (Å²) in [5, 5.41) is 11.8. The summed E-state index contributed by atoms with van der Waals surface area (Å²) < 4.78 is 0. The van der Waals surface area contributed by atoms with Gasteiger partial charge in [-0.1, -0.05) is 19.8 Å². The molecule has 0 saturated heterocycles. The smallest absolute Gasteiger partial charge is 0.222 e. The lowest BCUT2D eigenvalue weighted by Gasteiger charge is -2.13. The molecule has 0 fully saturated rings. The van der Waals surface area contributed by atoms with Crippen molar-refractivity contribution in [3.8, 4) is 0 Å². The van der Waals surface area contributed by atoms with Gasteiger partial charge in [-0.2, -0.15) is 0 Å². The lowest BCUT2D eigenvalue weighted by atomic mass is 10.1. The summed E-state index contributed by atoms with van der Waals surface area (Å²) in [6.07, 6.45) is 2.96. The van der Waals surface area contributed by atoms with E-state index >= 15 is 0 Å². The Hall–Kier alpha value is -0.570. The van der Waals surface area contributed by atoms with Crippen LogP contribution in [0.15, 0.2) is 0 Å². The molecule has 0 saturated carbocycles. The number of carbonyl (C=O) groups excluding carboxylic acids is 1. The SMILES string of the molecule is CCCCC(C)NC(=O)CC(C)O. The summed E-state index contributed by atoms with van der Waals surface area (Å²) in [6, 6.07) is 0.228. The zero-order valence-electron chi connectivity index (χ0n) is 8.84. The Labute approximate surface area is 80.5 Å². The fraction of sp³-hybridized carbons (Fsp3) is 0.900. The molecule has 0 aliphatic heterocycles. The molecule has 0 aromatic carbocycles. The van der Waals surface area contributed by atoms with Crippen LogP contribution in [0.1, 0.15) is 46.5 Å². The van der Waals surface area contributed by atoms with E-state index in [0.717, 1.165) is 19.3 Å². The average Bonchev–Trinajstić information content (AvgIpc) is 1.98. The highest BCUT2D eigenvalue weighted by atomic mass is 16.3. The van der Waals surface area contributed by atoms with Crippen LogP contribution >= 0.6 is 0 Å². The maximum Gasteiger partial charge on any atom is 0.222 e. The second-order valence-corrected chi connectivity index (χ2v) is 3.66. The number of aliphatic hydroxyl groups is 1. The van der Waals surface area contributed by atoms with E-state index in [9.17, 15) is 4.79 Å². The Kier molecular flexibility index (Phi) is 6.59. The molecule has 2 unspecified atom stereocenters. The molecule has 0 radical (unpaired) electrons. The maximum atomic E-state index is 11.2. The number of rotatable bonds is 6. The molecule has 0 aromatic rings. The maximum absolute atomic E-state index is 11.2. The molecule has 13 heavy (non-hydrogen) atoms. The summed E-state index contributed by atoms with van der Waals surface area (Å²) in [7, 11) is 0. The molecule has 0 spiro atoms. The molecule has 3 heteroatoms. The number of nitrogens with one attached hydrogen (secondary N) is 1. The van der Waals surface area contributed by atoms with Crippen LogP contribution in [0, 0.1) is 0 Å². The van der Waals surface area contributed by atoms with Gasteiger partial charge in [0.05, 0.1) is 12.5 Å². The summed E-state index contributed by atoms with van der Waals surface area (Å²) in [6.45, 7) is 5.75. The zero-order chi connectivity index (χ0) is 10.3. The molecule has 1 amide bonds. The number of aliphatic hydroxyl groups excluding tert-OH is 1. The van der Waals surface area contributed by atoms with E-state index in [1.54, 1.807) is 6.92 Å². The number of amides is 1. The standard InChI is InChI=1S/C10H21NO2/c1-4-5-6-8(2)11-10(13)7-9(3)12/h8-9,12H,4-7H2,1-3H3,(H,11,13). The number of hydrogen-bond acceptors (Lipinski definition) is 2. The number of hydrogen-bond donors (Lipinski definition) is 2. The van der Waals surface area contributed by atoms with Gasteiger partial charge in [-0.05, 0) is 20.3 Å². The lowest BCUT2D eigenvalue weighted by Crippen LogP contribution is -2.34. The molecular formula is C10H21NO2. The van der Waals surface area contributed by atoms with E-state index in [1.807, 2.05) is 6.92 Å². The van der Waals surface area contributed by atoms with Gasteiger partial charge in [0.2, 0.25) is 5.91 Å². The van der Waals surface area contributed by atoms with Crippen molar-refractivity contribution in [2.24, 2.45) is 0 Å². The van der Waals surface area contributed by atoms with E-state index in [2.05, 4.69) is 12.2 Å². The van der Waals surface area contributed by atoms with Gasteiger partial charge in [0.25, 0.3) is 0 Å². The monoisotopic (exact) mass is 187 g/mol. The highest BCUT2D eigenvalue weighted by molar-refractivity contribution is 5.76. The van der Waals surface area contributed by atoms with Gasteiger partial charge in [0, 0.05) is 6.04 Å². The quantitative estimate of drug-likeness (QED) is 0.661. The average molecular weight is 187 g/mol. The van der Waals surface area contributed by atoms with Crippen molar-refractivity contribution < 1.29 is 9.90 Å². The highest BCUT2D eigenvalue weighted by Crippen LogP contribution is 2.00. The lowest BCUT2D eigenvalue weighted by molar-refractivity contribution is -0.123. The van der Waals surface area contributed by atoms with Crippen molar-refractivity contribution in [2.45, 2.75) is 58.6 Å². The van der Waals surface area contributed by atoms with Crippen LogP contribution in [-0.2, 0) is 4.79 Å². The van der Waals surface area contributed by atoms with Crippen LogP contribution in [0.25, 0.3) is 0 Å². The predicted molar refractivity (Wildman–Crippen MR) is 53.4 cm³/mol. The van der Waals surface area contributed by atoms with Gasteiger partial charge in [0.15, 0.2) is 0 Å². The van der Waals surface area contributed by atoms with Gasteiger partial charge < -0.3 is 10.4 Å². The van der Waals surface area contributed by atoms with Crippen molar-refractivity contribution in [3.05, 3.63) is 0 Å². The molecule has 0 aromatic heterocycles. The Morgan fingerprint density at radius 2 is 2.08 bits per heavy atom. The number of unbranched alkanes of at least 4 members (excludes halogenated alkanes) is 1. The zero-order valence-corrected chi connectivity index (χ0v) is 8.84. The fourth-order valence-corrected chi connectivity index (χ4v) is 1.18.